The molecule has 0 aromatic carbocycles. The van der Waals surface area contributed by atoms with Crippen LogP contribution in [0.15, 0.2) is 0 Å². The van der Waals surface area contributed by atoms with E-state index in [1.54, 1.807) is 13.8 Å². The molecule has 0 aliphatic rings. The van der Waals surface area contributed by atoms with Crippen LogP contribution < -0.4 is 27.4 Å². The van der Waals surface area contributed by atoms with Gasteiger partial charge >= 0.3 is 17.9 Å². The van der Waals surface area contributed by atoms with Crippen LogP contribution in [0.5, 0.6) is 0 Å². The molecule has 0 saturated carbocycles. The van der Waals surface area contributed by atoms with Crippen molar-refractivity contribution in [1.82, 2.24) is 16.0 Å². The normalized spacial score (nSPS) is 14.2. The second kappa shape index (κ2) is 14.4. The Hall–Kier alpha value is -3.75. The van der Waals surface area contributed by atoms with Gasteiger partial charge in [-0.15, -0.1) is 0 Å². The van der Waals surface area contributed by atoms with Gasteiger partial charge in [-0.25, -0.2) is 4.79 Å². The van der Waals surface area contributed by atoms with Crippen LogP contribution in [0.3, 0.4) is 0 Å². The summed E-state index contributed by atoms with van der Waals surface area (Å²) in [5, 5.41) is 33.6. The Morgan fingerprint density at radius 1 is 0.706 bits per heavy atom. The number of carboxylic acids is 3. The number of primary amides is 1. The second-order valence-corrected chi connectivity index (χ2v) is 7.83. The van der Waals surface area contributed by atoms with E-state index in [4.69, 9.17) is 21.7 Å². The average molecular weight is 489 g/mol. The van der Waals surface area contributed by atoms with Gasteiger partial charge in [-0.2, -0.15) is 0 Å². The number of rotatable bonds is 16. The molecular formula is C19H31N5O10. The summed E-state index contributed by atoms with van der Waals surface area (Å²) in [6, 6.07) is -5.87. The molecule has 0 fully saturated rings. The maximum Gasteiger partial charge on any atom is 0.326 e. The molecule has 4 unspecified atom stereocenters. The Bertz CT molecular complexity index is 800. The summed E-state index contributed by atoms with van der Waals surface area (Å²) in [5.74, 6) is -8.49. The van der Waals surface area contributed by atoms with Crippen molar-refractivity contribution in [3.8, 4) is 0 Å². The van der Waals surface area contributed by atoms with E-state index in [1.807, 2.05) is 5.32 Å². The summed E-state index contributed by atoms with van der Waals surface area (Å²) in [7, 11) is 0. The number of carboxylic acid groups (broad SMARTS) is 3. The van der Waals surface area contributed by atoms with Gasteiger partial charge in [0.2, 0.25) is 23.6 Å². The van der Waals surface area contributed by atoms with Gasteiger partial charge in [0.1, 0.15) is 18.1 Å². The van der Waals surface area contributed by atoms with Crippen molar-refractivity contribution in [3.63, 3.8) is 0 Å². The molecule has 192 valence electrons. The molecule has 15 heteroatoms. The fourth-order valence-electron chi connectivity index (χ4n) is 2.58. The fraction of sp³-hybridized carbons (Fsp3) is 0.632. The molecule has 0 saturated heterocycles. The van der Waals surface area contributed by atoms with Gasteiger partial charge in [0, 0.05) is 12.8 Å². The van der Waals surface area contributed by atoms with Crippen molar-refractivity contribution in [2.45, 2.75) is 70.1 Å². The average Bonchev–Trinajstić information content (AvgIpc) is 2.71. The Morgan fingerprint density at radius 2 is 1.18 bits per heavy atom. The van der Waals surface area contributed by atoms with Gasteiger partial charge in [0.25, 0.3) is 0 Å². The molecule has 0 aliphatic heterocycles. The first-order valence-corrected chi connectivity index (χ1v) is 10.3. The van der Waals surface area contributed by atoms with Gasteiger partial charge in [0.15, 0.2) is 0 Å². The molecule has 0 aromatic heterocycles. The van der Waals surface area contributed by atoms with E-state index in [9.17, 15) is 38.7 Å². The first-order valence-electron chi connectivity index (χ1n) is 10.3. The van der Waals surface area contributed by atoms with E-state index in [0.717, 1.165) is 0 Å². The zero-order valence-corrected chi connectivity index (χ0v) is 18.8. The summed E-state index contributed by atoms with van der Waals surface area (Å²) in [4.78, 5) is 81.8. The van der Waals surface area contributed by atoms with E-state index in [2.05, 4.69) is 10.6 Å². The summed E-state index contributed by atoms with van der Waals surface area (Å²) >= 11 is 0. The largest absolute Gasteiger partial charge is 0.481 e. The number of aliphatic carboxylic acids is 3. The topological polar surface area (TPSA) is 268 Å². The monoisotopic (exact) mass is 489 g/mol. The van der Waals surface area contributed by atoms with Gasteiger partial charge in [-0.05, 0) is 18.8 Å². The number of nitrogens with two attached hydrogens (primary N) is 2. The standard InChI is InChI=1S/C19H31N5O10/c1-8(2)15(21)18(32)22-9(4-6-13(26)27)16(30)24-11(7-14(28)29)17(31)23-10(19(33)34)3-5-12(20)25/h8-11,15H,3-7,21H2,1-2H3,(H2,20,25)(H,22,32)(H,23,31)(H,24,30)(H,26,27)(H,28,29)(H,33,34). The van der Waals surface area contributed by atoms with E-state index in [1.165, 1.54) is 0 Å². The number of amides is 4. The maximum atomic E-state index is 12.7. The maximum absolute atomic E-state index is 12.7. The van der Waals surface area contributed by atoms with Gasteiger partial charge < -0.3 is 42.7 Å². The van der Waals surface area contributed by atoms with E-state index >= 15 is 0 Å². The highest BCUT2D eigenvalue weighted by Gasteiger charge is 2.32. The summed E-state index contributed by atoms with van der Waals surface area (Å²) in [6.45, 7) is 3.28. The highest BCUT2D eigenvalue weighted by Crippen LogP contribution is 2.05. The molecule has 0 heterocycles. The van der Waals surface area contributed by atoms with Crippen molar-refractivity contribution in [3.05, 3.63) is 0 Å². The van der Waals surface area contributed by atoms with Crippen molar-refractivity contribution >= 4 is 41.5 Å². The van der Waals surface area contributed by atoms with Crippen molar-refractivity contribution < 1.29 is 48.9 Å². The molecule has 15 nitrogen and oxygen atoms in total. The minimum Gasteiger partial charge on any atom is -0.481 e. The minimum absolute atomic E-state index is 0.318. The number of hydrogen-bond donors (Lipinski definition) is 8. The Labute approximate surface area is 194 Å². The summed E-state index contributed by atoms with van der Waals surface area (Å²) < 4.78 is 0. The molecule has 0 bridgehead atoms. The molecule has 0 spiro atoms. The lowest BCUT2D eigenvalue weighted by Gasteiger charge is -2.25. The van der Waals surface area contributed by atoms with E-state index < -0.39 is 85.0 Å². The van der Waals surface area contributed by atoms with Gasteiger partial charge in [-0.3, -0.25) is 28.8 Å². The Morgan fingerprint density at radius 3 is 1.62 bits per heavy atom. The molecule has 34 heavy (non-hydrogen) atoms. The van der Waals surface area contributed by atoms with Crippen LogP contribution in [0.1, 0.15) is 46.0 Å². The fourth-order valence-corrected chi connectivity index (χ4v) is 2.58. The number of hydrogen-bond acceptors (Lipinski definition) is 8. The lowest BCUT2D eigenvalue weighted by molar-refractivity contribution is -0.143. The zero-order chi connectivity index (χ0) is 26.6. The molecule has 10 N–H and O–H groups in total. The van der Waals surface area contributed by atoms with Crippen LogP contribution in [-0.2, 0) is 33.6 Å². The van der Waals surface area contributed by atoms with E-state index in [-0.39, 0.29) is 18.8 Å². The minimum atomic E-state index is -1.77. The molecular weight excluding hydrogens is 458 g/mol. The van der Waals surface area contributed by atoms with Crippen molar-refractivity contribution in [1.29, 1.82) is 0 Å². The van der Waals surface area contributed by atoms with Crippen LogP contribution in [0.25, 0.3) is 0 Å². The Kier molecular flexibility index (Phi) is 12.8. The third kappa shape index (κ3) is 11.8. The summed E-state index contributed by atoms with van der Waals surface area (Å²) in [6.07, 6.45) is -2.65. The molecule has 0 aromatic rings. The number of carbonyl (C=O) groups is 7. The van der Waals surface area contributed by atoms with Crippen molar-refractivity contribution in [2.24, 2.45) is 17.4 Å². The number of carbonyl (C=O) groups excluding carboxylic acids is 4. The van der Waals surface area contributed by atoms with Crippen LogP contribution in [0.2, 0.25) is 0 Å². The van der Waals surface area contributed by atoms with Crippen LogP contribution in [-0.4, -0.2) is 81.0 Å². The highest BCUT2D eigenvalue weighted by molar-refractivity contribution is 5.95. The van der Waals surface area contributed by atoms with Gasteiger partial charge in [0.05, 0.1) is 12.5 Å². The molecule has 0 aliphatic carbocycles. The SMILES string of the molecule is CC(C)C(N)C(=O)NC(CCC(=O)O)C(=O)NC(CC(=O)O)C(=O)NC(CCC(N)=O)C(=O)O. The third-order valence-electron chi connectivity index (χ3n) is 4.61. The Balaban J connectivity index is 5.59. The summed E-state index contributed by atoms with van der Waals surface area (Å²) in [5.41, 5.74) is 10.7. The molecule has 4 atom stereocenters. The first kappa shape index (κ1) is 30.2. The lowest BCUT2D eigenvalue weighted by atomic mass is 10.0. The van der Waals surface area contributed by atoms with Crippen LogP contribution in [0, 0.1) is 5.92 Å². The van der Waals surface area contributed by atoms with Crippen LogP contribution >= 0.6 is 0 Å². The smallest absolute Gasteiger partial charge is 0.326 e. The van der Waals surface area contributed by atoms with E-state index in [0.29, 0.717) is 0 Å². The lowest BCUT2D eigenvalue weighted by Crippen LogP contribution is -2.58. The zero-order valence-electron chi connectivity index (χ0n) is 18.8. The van der Waals surface area contributed by atoms with Crippen molar-refractivity contribution in [2.75, 3.05) is 0 Å². The predicted molar refractivity (Wildman–Crippen MR) is 114 cm³/mol. The van der Waals surface area contributed by atoms with Gasteiger partial charge in [-0.1, -0.05) is 13.8 Å². The highest BCUT2D eigenvalue weighted by atomic mass is 16.4. The molecule has 4 amide bonds. The quantitative estimate of drug-likeness (QED) is 0.109. The molecule has 0 radical (unpaired) electrons. The number of nitrogens with one attached hydrogen (secondary N) is 3. The van der Waals surface area contributed by atoms with Crippen LogP contribution in [0.4, 0.5) is 0 Å². The predicted octanol–water partition coefficient (Wildman–Crippen LogP) is -2.89. The second-order valence-electron chi connectivity index (χ2n) is 7.83. The first-order chi connectivity index (χ1) is 15.6. The molecule has 0 rings (SSSR count). The third-order valence-corrected chi connectivity index (χ3v) is 4.61.